The molecule has 1 aromatic rings. The molecule has 0 bridgehead atoms. The van der Waals surface area contributed by atoms with Crippen LogP contribution < -0.4 is 9.92 Å². The molecule has 0 saturated carbocycles. The standard InChI is InChI=1S/C15H23ClOSi/c1-7-11-17-14-12(15(2,3)4)9-8-10-13(14)18(5,6)16/h7-10H,1,11H2,2-6H3. The third kappa shape index (κ3) is 3.63. The van der Waals surface area contributed by atoms with Gasteiger partial charge in [0, 0.05) is 0 Å². The fraction of sp³-hybridized carbons (Fsp3) is 0.467. The van der Waals surface area contributed by atoms with Crippen molar-refractivity contribution in [1.29, 1.82) is 0 Å². The summed E-state index contributed by atoms with van der Waals surface area (Å²) in [6.45, 7) is 15.0. The van der Waals surface area contributed by atoms with Crippen molar-refractivity contribution in [1.82, 2.24) is 0 Å². The fourth-order valence-electron chi connectivity index (χ4n) is 1.89. The van der Waals surface area contributed by atoms with E-state index in [1.54, 1.807) is 6.08 Å². The molecule has 100 valence electrons. The summed E-state index contributed by atoms with van der Waals surface area (Å²) in [6.07, 6.45) is 1.77. The van der Waals surface area contributed by atoms with Crippen LogP contribution >= 0.6 is 11.1 Å². The van der Waals surface area contributed by atoms with E-state index in [-0.39, 0.29) is 5.41 Å². The number of ether oxygens (including phenoxy) is 1. The number of benzene rings is 1. The summed E-state index contributed by atoms with van der Waals surface area (Å²) < 4.78 is 5.90. The minimum Gasteiger partial charge on any atom is -0.489 e. The van der Waals surface area contributed by atoms with Crippen LogP contribution in [0.3, 0.4) is 0 Å². The molecule has 0 heterocycles. The Kier molecular flexibility index (Phi) is 4.68. The average molecular weight is 283 g/mol. The van der Waals surface area contributed by atoms with E-state index in [0.29, 0.717) is 6.61 Å². The predicted molar refractivity (Wildman–Crippen MR) is 83.8 cm³/mol. The molecule has 0 N–H and O–H groups in total. The molecule has 0 aliphatic heterocycles. The van der Waals surface area contributed by atoms with Crippen molar-refractivity contribution in [3.63, 3.8) is 0 Å². The lowest BCUT2D eigenvalue weighted by molar-refractivity contribution is 0.354. The normalized spacial score (nSPS) is 12.3. The Morgan fingerprint density at radius 3 is 2.39 bits per heavy atom. The van der Waals surface area contributed by atoms with Gasteiger partial charge in [-0.1, -0.05) is 64.7 Å². The van der Waals surface area contributed by atoms with Gasteiger partial charge < -0.3 is 4.74 Å². The van der Waals surface area contributed by atoms with Gasteiger partial charge in [-0.05, 0) is 16.2 Å². The van der Waals surface area contributed by atoms with E-state index in [1.165, 1.54) is 10.8 Å². The van der Waals surface area contributed by atoms with Gasteiger partial charge in [-0.15, -0.1) is 0 Å². The SMILES string of the molecule is C=CCOc1c(C(C)(C)C)cccc1[Si](C)(C)Cl. The first-order chi connectivity index (χ1) is 8.18. The molecule has 0 fully saturated rings. The van der Waals surface area contributed by atoms with E-state index in [1.807, 2.05) is 0 Å². The maximum Gasteiger partial charge on any atom is 0.185 e. The highest BCUT2D eigenvalue weighted by molar-refractivity contribution is 7.26. The molecule has 0 unspecified atom stereocenters. The fourth-order valence-corrected chi connectivity index (χ4v) is 3.58. The quantitative estimate of drug-likeness (QED) is 0.457. The van der Waals surface area contributed by atoms with Gasteiger partial charge in [-0.2, -0.15) is 11.1 Å². The molecule has 1 rings (SSSR count). The lowest BCUT2D eigenvalue weighted by atomic mass is 9.86. The van der Waals surface area contributed by atoms with Crippen LogP contribution in [0.5, 0.6) is 5.75 Å². The largest absolute Gasteiger partial charge is 0.489 e. The Balaban J connectivity index is 3.40. The zero-order valence-electron chi connectivity index (χ0n) is 12.0. The highest BCUT2D eigenvalue weighted by Gasteiger charge is 2.29. The summed E-state index contributed by atoms with van der Waals surface area (Å²) in [4.78, 5) is 0. The topological polar surface area (TPSA) is 9.23 Å². The molecule has 0 aromatic heterocycles. The first-order valence-electron chi connectivity index (χ1n) is 6.24. The zero-order chi connectivity index (χ0) is 14.0. The lowest BCUT2D eigenvalue weighted by Crippen LogP contribution is -2.37. The molecule has 0 saturated heterocycles. The van der Waals surface area contributed by atoms with Gasteiger partial charge in [-0.25, -0.2) is 0 Å². The van der Waals surface area contributed by atoms with Crippen LogP contribution in [0.1, 0.15) is 26.3 Å². The maximum absolute atomic E-state index is 6.60. The van der Waals surface area contributed by atoms with Gasteiger partial charge in [0.05, 0.1) is 0 Å². The minimum absolute atomic E-state index is 0.0447. The summed E-state index contributed by atoms with van der Waals surface area (Å²) >= 11 is 6.60. The highest BCUT2D eigenvalue weighted by atomic mass is 35.6. The smallest absolute Gasteiger partial charge is 0.185 e. The Bertz CT molecular complexity index is 395. The van der Waals surface area contributed by atoms with Crippen molar-refractivity contribution in [3.8, 4) is 5.75 Å². The Morgan fingerprint density at radius 2 is 1.94 bits per heavy atom. The molecule has 0 aliphatic carbocycles. The van der Waals surface area contributed by atoms with E-state index in [0.717, 1.165) is 5.75 Å². The lowest BCUT2D eigenvalue weighted by Gasteiger charge is -2.27. The molecular weight excluding hydrogens is 260 g/mol. The Hall–Kier alpha value is -0.733. The minimum atomic E-state index is -1.93. The molecule has 0 spiro atoms. The van der Waals surface area contributed by atoms with E-state index >= 15 is 0 Å². The second-order valence-corrected chi connectivity index (χ2v) is 12.3. The van der Waals surface area contributed by atoms with Gasteiger partial charge in [0.2, 0.25) is 0 Å². The van der Waals surface area contributed by atoms with Crippen LogP contribution in [0.15, 0.2) is 30.9 Å². The maximum atomic E-state index is 6.60. The van der Waals surface area contributed by atoms with E-state index in [2.05, 4.69) is 58.6 Å². The molecule has 0 aliphatic rings. The van der Waals surface area contributed by atoms with E-state index < -0.39 is 7.38 Å². The molecule has 0 atom stereocenters. The van der Waals surface area contributed by atoms with Crippen LogP contribution in [-0.2, 0) is 5.41 Å². The van der Waals surface area contributed by atoms with Crippen molar-refractivity contribution in [2.75, 3.05) is 6.61 Å². The number of halogens is 1. The molecule has 0 radical (unpaired) electrons. The summed E-state index contributed by atoms with van der Waals surface area (Å²) in [6, 6.07) is 6.29. The van der Waals surface area contributed by atoms with Crippen LogP contribution in [0.25, 0.3) is 0 Å². The third-order valence-electron chi connectivity index (χ3n) is 2.81. The molecule has 0 amide bonds. The van der Waals surface area contributed by atoms with Crippen molar-refractivity contribution in [2.24, 2.45) is 0 Å². The summed E-state index contributed by atoms with van der Waals surface area (Å²) in [5.74, 6) is 0.955. The summed E-state index contributed by atoms with van der Waals surface area (Å²) in [5, 5.41) is 1.17. The number of para-hydroxylation sites is 1. The van der Waals surface area contributed by atoms with Crippen LogP contribution in [-0.4, -0.2) is 14.0 Å². The zero-order valence-corrected chi connectivity index (χ0v) is 13.8. The Labute approximate surface area is 117 Å². The molecule has 18 heavy (non-hydrogen) atoms. The van der Waals surface area contributed by atoms with Gasteiger partial charge in [0.1, 0.15) is 12.4 Å². The first kappa shape index (κ1) is 15.3. The highest BCUT2D eigenvalue weighted by Crippen LogP contribution is 2.32. The van der Waals surface area contributed by atoms with E-state index in [4.69, 9.17) is 15.8 Å². The summed E-state index contributed by atoms with van der Waals surface area (Å²) in [7, 11) is -1.93. The third-order valence-corrected chi connectivity index (χ3v) is 5.09. The van der Waals surface area contributed by atoms with Crippen LogP contribution in [0.2, 0.25) is 13.1 Å². The summed E-state index contributed by atoms with van der Waals surface area (Å²) in [5.41, 5.74) is 1.26. The van der Waals surface area contributed by atoms with Crippen molar-refractivity contribution >= 4 is 23.6 Å². The van der Waals surface area contributed by atoms with Gasteiger partial charge in [0.15, 0.2) is 7.38 Å². The Morgan fingerprint density at radius 1 is 1.33 bits per heavy atom. The van der Waals surface area contributed by atoms with Crippen LogP contribution in [0, 0.1) is 0 Å². The van der Waals surface area contributed by atoms with Gasteiger partial charge in [0.25, 0.3) is 0 Å². The number of hydrogen-bond acceptors (Lipinski definition) is 1. The van der Waals surface area contributed by atoms with Crippen molar-refractivity contribution in [3.05, 3.63) is 36.4 Å². The predicted octanol–water partition coefficient (Wildman–Crippen LogP) is 4.20. The second kappa shape index (κ2) is 5.50. The van der Waals surface area contributed by atoms with Crippen molar-refractivity contribution < 1.29 is 4.74 Å². The molecule has 1 nitrogen and oxygen atoms in total. The average Bonchev–Trinajstić information content (AvgIpc) is 2.23. The molecule has 3 heteroatoms. The van der Waals surface area contributed by atoms with Gasteiger partial charge in [-0.3, -0.25) is 0 Å². The number of rotatable bonds is 4. The van der Waals surface area contributed by atoms with Crippen LogP contribution in [0.4, 0.5) is 0 Å². The van der Waals surface area contributed by atoms with Gasteiger partial charge >= 0.3 is 0 Å². The molecular formula is C15H23ClOSi. The van der Waals surface area contributed by atoms with E-state index in [9.17, 15) is 0 Å². The first-order valence-corrected chi connectivity index (χ1v) is 10.3. The second-order valence-electron chi connectivity index (χ2n) is 6.00. The monoisotopic (exact) mass is 282 g/mol. The number of hydrogen-bond donors (Lipinski definition) is 0. The van der Waals surface area contributed by atoms with Crippen molar-refractivity contribution in [2.45, 2.75) is 39.3 Å². The molecule has 1 aromatic carbocycles.